The van der Waals surface area contributed by atoms with Gasteiger partial charge in [0.15, 0.2) is 0 Å². The third-order valence-corrected chi connectivity index (χ3v) is 7.81. The number of thiazole rings is 1. The largest absolute Gasteiger partial charge is 0.477 e. The smallest absolute Gasteiger partial charge is 0.352 e. The number of rotatable bonds is 6. The van der Waals surface area contributed by atoms with Crippen LogP contribution in [0.25, 0.3) is 11.3 Å². The summed E-state index contributed by atoms with van der Waals surface area (Å²) in [5, 5.41) is 25.5. The number of hydrogen-bond donors (Lipinski definition) is 2. The summed E-state index contributed by atoms with van der Waals surface area (Å²) in [4.78, 5) is 28.0. The molecule has 164 valence electrons. The molecule has 13 heteroatoms. The Kier molecular flexibility index (Phi) is 6.24. The number of para-hydroxylation sites is 1. The lowest BCUT2D eigenvalue weighted by atomic mass is 10.1. The van der Waals surface area contributed by atoms with Crippen LogP contribution in [0.2, 0.25) is 10.0 Å². The van der Waals surface area contributed by atoms with Gasteiger partial charge in [0, 0.05) is 28.5 Å². The molecule has 9 nitrogen and oxygen atoms in total. The number of anilines is 1. The van der Waals surface area contributed by atoms with Crippen LogP contribution in [-0.4, -0.2) is 30.9 Å². The van der Waals surface area contributed by atoms with Crippen molar-refractivity contribution >= 4 is 67.8 Å². The van der Waals surface area contributed by atoms with Crippen LogP contribution in [0.5, 0.6) is 0 Å². The fourth-order valence-corrected chi connectivity index (χ4v) is 5.95. The quantitative estimate of drug-likeness (QED) is 0.277. The summed E-state index contributed by atoms with van der Waals surface area (Å²) in [5.41, 5.74) is 3.46. The maximum absolute atomic E-state index is 12.6. The van der Waals surface area contributed by atoms with Crippen LogP contribution >= 0.6 is 34.5 Å². The zero-order valence-electron chi connectivity index (χ0n) is 15.9. The number of nitrogens with one attached hydrogen (secondary N) is 1. The molecule has 1 atom stereocenters. The first kappa shape index (κ1) is 22.3. The zero-order chi connectivity index (χ0) is 23.0. The molecule has 0 aliphatic carbocycles. The van der Waals surface area contributed by atoms with Crippen LogP contribution in [0.4, 0.5) is 10.8 Å². The molecule has 2 aromatic carbocycles. The van der Waals surface area contributed by atoms with Crippen LogP contribution in [-0.2, 0) is 27.8 Å². The van der Waals surface area contributed by atoms with Gasteiger partial charge in [-0.05, 0) is 12.1 Å². The first-order chi connectivity index (χ1) is 15.2. The van der Waals surface area contributed by atoms with E-state index in [2.05, 4.69) is 15.5 Å². The Hall–Kier alpha value is -2.86. The molecule has 0 fully saturated rings. The molecule has 0 radical (unpaired) electrons. The molecule has 0 amide bonds. The summed E-state index contributed by atoms with van der Waals surface area (Å²) in [7, 11) is -1.33. The van der Waals surface area contributed by atoms with Gasteiger partial charge in [0.25, 0.3) is 5.69 Å². The number of carboxylic acid groups (broad SMARTS) is 1. The number of carboxylic acids is 1. The maximum Gasteiger partial charge on any atom is 0.352 e. The summed E-state index contributed by atoms with van der Waals surface area (Å²) < 4.78 is 12.6. The highest BCUT2D eigenvalue weighted by Gasteiger charge is 2.27. The van der Waals surface area contributed by atoms with Crippen molar-refractivity contribution in [2.24, 2.45) is 5.10 Å². The number of fused-ring (bicyclic) bond motifs is 3. The van der Waals surface area contributed by atoms with Crippen molar-refractivity contribution in [3.63, 3.8) is 0 Å². The average Bonchev–Trinajstić information content (AvgIpc) is 3.15. The van der Waals surface area contributed by atoms with Crippen LogP contribution < -0.4 is 5.43 Å². The summed E-state index contributed by atoms with van der Waals surface area (Å²) in [6, 6.07) is 9.00. The van der Waals surface area contributed by atoms with E-state index in [-0.39, 0.29) is 34.3 Å². The highest BCUT2D eigenvalue weighted by Crippen LogP contribution is 2.43. The molecule has 0 bridgehead atoms. The van der Waals surface area contributed by atoms with Crippen LogP contribution in [0, 0.1) is 10.1 Å². The van der Waals surface area contributed by atoms with E-state index in [9.17, 15) is 24.2 Å². The van der Waals surface area contributed by atoms with Gasteiger partial charge < -0.3 is 5.11 Å². The van der Waals surface area contributed by atoms with Gasteiger partial charge in [-0.15, -0.1) is 0 Å². The number of benzene rings is 2. The average molecular weight is 511 g/mol. The van der Waals surface area contributed by atoms with Gasteiger partial charge in [-0.2, -0.15) is 5.10 Å². The highest BCUT2D eigenvalue weighted by molar-refractivity contribution is 7.84. The van der Waals surface area contributed by atoms with E-state index in [4.69, 9.17) is 23.2 Å². The first-order valence-corrected chi connectivity index (χ1v) is 11.8. The lowest BCUT2D eigenvalue weighted by Gasteiger charge is -2.15. The molecule has 2 heterocycles. The third-order valence-electron chi connectivity index (χ3n) is 4.56. The van der Waals surface area contributed by atoms with E-state index >= 15 is 0 Å². The zero-order valence-corrected chi connectivity index (χ0v) is 19.0. The molecule has 0 saturated carbocycles. The minimum atomic E-state index is -1.33. The number of nitrogens with zero attached hydrogens (tertiary/aromatic N) is 3. The number of hydrogen-bond acceptors (Lipinski definition) is 8. The fourth-order valence-electron chi connectivity index (χ4n) is 3.10. The third kappa shape index (κ3) is 4.37. The Morgan fingerprint density at radius 2 is 2.03 bits per heavy atom. The highest BCUT2D eigenvalue weighted by atomic mass is 35.5. The summed E-state index contributed by atoms with van der Waals surface area (Å²) in [6.07, 6.45) is -0.258. The Bertz CT molecular complexity index is 1330. The van der Waals surface area contributed by atoms with E-state index < -0.39 is 21.7 Å². The molecule has 4 rings (SSSR count). The predicted molar refractivity (Wildman–Crippen MR) is 123 cm³/mol. The van der Waals surface area contributed by atoms with Gasteiger partial charge in [-0.25, -0.2) is 9.78 Å². The van der Waals surface area contributed by atoms with Crippen molar-refractivity contribution in [3.8, 4) is 11.3 Å². The summed E-state index contributed by atoms with van der Waals surface area (Å²) in [5.74, 6) is -1.10. The van der Waals surface area contributed by atoms with Crippen molar-refractivity contribution in [3.05, 3.63) is 67.0 Å². The Balaban J connectivity index is 1.64. The topological polar surface area (TPSA) is 135 Å². The van der Waals surface area contributed by atoms with Gasteiger partial charge >= 0.3 is 5.97 Å². The Morgan fingerprint density at radius 1 is 1.31 bits per heavy atom. The van der Waals surface area contributed by atoms with Crippen molar-refractivity contribution in [2.75, 3.05) is 5.43 Å². The number of aliphatic carboxylic acids is 1. The molecule has 1 aromatic heterocycles. The number of aromatic nitrogens is 1. The molecule has 1 unspecified atom stereocenters. The summed E-state index contributed by atoms with van der Waals surface area (Å²) in [6.45, 7) is 0. The van der Waals surface area contributed by atoms with E-state index in [1.54, 1.807) is 18.2 Å². The minimum Gasteiger partial charge on any atom is -0.477 e. The standard InChI is InChI=1S/C19H12Cl2N4O5S2/c20-11-6-10-16(7-12(11)21)32(30)8-15-17(10)22-19(31-15)24-23-13(18(26)27)5-9-3-1-2-4-14(9)25(28)29/h1-4,6-7H,5,8H2,(H,22,24)(H,26,27)/b23-13+. The second kappa shape index (κ2) is 8.94. The van der Waals surface area contributed by atoms with E-state index in [0.717, 1.165) is 4.88 Å². The van der Waals surface area contributed by atoms with Gasteiger partial charge in [0.2, 0.25) is 5.13 Å². The fraction of sp³-hybridized carbons (Fsp3) is 0.105. The number of hydrazone groups is 1. The minimum absolute atomic E-state index is 0.194. The number of nitro benzene ring substituents is 1. The molecule has 1 aliphatic heterocycles. The lowest BCUT2D eigenvalue weighted by molar-refractivity contribution is -0.385. The van der Waals surface area contributed by atoms with Crippen LogP contribution in [0.3, 0.4) is 0 Å². The molecule has 3 aromatic rings. The van der Waals surface area contributed by atoms with Gasteiger partial charge in [0.05, 0.1) is 42.1 Å². The lowest BCUT2D eigenvalue weighted by Crippen LogP contribution is -2.18. The van der Waals surface area contributed by atoms with Crippen LogP contribution in [0.15, 0.2) is 46.4 Å². The second-order valence-electron chi connectivity index (χ2n) is 6.58. The van der Waals surface area contributed by atoms with Crippen LogP contribution in [0.1, 0.15) is 10.4 Å². The number of halogens is 2. The molecule has 0 saturated heterocycles. The Morgan fingerprint density at radius 3 is 2.75 bits per heavy atom. The van der Waals surface area contributed by atoms with E-state index in [0.29, 0.717) is 26.2 Å². The van der Waals surface area contributed by atoms with Gasteiger partial charge in [-0.3, -0.25) is 19.7 Å². The molecular formula is C19H12Cl2N4O5S2. The Labute approximate surface area is 197 Å². The monoisotopic (exact) mass is 510 g/mol. The van der Waals surface area contributed by atoms with Crippen molar-refractivity contribution in [2.45, 2.75) is 17.1 Å². The SMILES string of the molecule is O=C(O)/C(Cc1ccccc1[N+](=O)[O-])=N/Nc1nc2c(s1)CS(=O)c1cc(Cl)c(Cl)cc1-2. The molecule has 32 heavy (non-hydrogen) atoms. The number of carbonyl (C=O) groups is 1. The summed E-state index contributed by atoms with van der Waals surface area (Å²) >= 11 is 13.3. The molecule has 0 spiro atoms. The molecule has 1 aliphatic rings. The molecular weight excluding hydrogens is 499 g/mol. The maximum atomic E-state index is 12.6. The normalized spacial score (nSPS) is 15.1. The van der Waals surface area contributed by atoms with Crippen molar-refractivity contribution in [1.82, 2.24) is 4.98 Å². The molecule has 2 N–H and O–H groups in total. The predicted octanol–water partition coefficient (Wildman–Crippen LogP) is 4.74. The number of nitro groups is 1. The van der Waals surface area contributed by atoms with Gasteiger partial charge in [0.1, 0.15) is 5.71 Å². The van der Waals surface area contributed by atoms with Crippen molar-refractivity contribution < 1.29 is 19.0 Å². The first-order valence-electron chi connectivity index (χ1n) is 8.90. The van der Waals surface area contributed by atoms with E-state index in [1.165, 1.54) is 29.5 Å². The second-order valence-corrected chi connectivity index (χ2v) is 9.90. The van der Waals surface area contributed by atoms with Gasteiger partial charge in [-0.1, -0.05) is 52.7 Å². The van der Waals surface area contributed by atoms with E-state index in [1.807, 2.05) is 0 Å². The van der Waals surface area contributed by atoms with Crippen molar-refractivity contribution in [1.29, 1.82) is 0 Å².